The first-order valence-electron chi connectivity index (χ1n) is 8.27. The zero-order chi connectivity index (χ0) is 20.0. The van der Waals surface area contributed by atoms with Crippen molar-refractivity contribution in [2.75, 3.05) is 12.4 Å². The predicted molar refractivity (Wildman–Crippen MR) is 98.4 cm³/mol. The van der Waals surface area contributed by atoms with E-state index in [1.165, 1.54) is 33.1 Å². The van der Waals surface area contributed by atoms with Crippen molar-refractivity contribution in [1.82, 2.24) is 5.32 Å². The van der Waals surface area contributed by atoms with E-state index in [4.69, 9.17) is 0 Å². The number of benzene rings is 2. The maximum Gasteiger partial charge on any atom is 0.337 e. The molecule has 0 heterocycles. The molecular weight excluding hydrogens is 351 g/mol. The van der Waals surface area contributed by atoms with Gasteiger partial charge in [-0.15, -0.1) is 0 Å². The Balaban J connectivity index is 2.04. The van der Waals surface area contributed by atoms with Crippen molar-refractivity contribution in [3.05, 3.63) is 65.5 Å². The lowest BCUT2D eigenvalue weighted by Gasteiger charge is -2.23. The van der Waals surface area contributed by atoms with Crippen LogP contribution < -0.4 is 10.6 Å². The molecule has 2 N–H and O–H groups in total. The number of amides is 2. The monoisotopic (exact) mass is 372 g/mol. The first kappa shape index (κ1) is 20.1. The molecule has 2 aromatic rings. The number of hydrogen-bond acceptors (Lipinski definition) is 4. The largest absolute Gasteiger partial charge is 0.465 e. The number of nitrogens with one attached hydrogen (secondary N) is 2. The quantitative estimate of drug-likeness (QED) is 0.603. The number of anilines is 1. The van der Waals surface area contributed by atoms with Gasteiger partial charge in [0.05, 0.1) is 12.7 Å². The average Bonchev–Trinajstić information content (AvgIpc) is 2.66. The minimum atomic E-state index is -1.41. The van der Waals surface area contributed by atoms with Gasteiger partial charge in [0.1, 0.15) is 11.2 Å². The zero-order valence-electron chi connectivity index (χ0n) is 15.3. The molecule has 0 saturated carbocycles. The number of esters is 1. The standard InChI is InChI=1S/C20H21FN2O4/c1-20(2,18(25)22-12-14-7-4-5-10-16(14)21)19(26)23-15-9-6-8-13(11-15)17(24)27-3/h4-11H,12H2,1-3H3,(H,22,25)(H,23,26). The summed E-state index contributed by atoms with van der Waals surface area (Å²) in [4.78, 5) is 36.6. The van der Waals surface area contributed by atoms with E-state index >= 15 is 0 Å². The summed E-state index contributed by atoms with van der Waals surface area (Å²) in [6.07, 6.45) is 0. The average molecular weight is 372 g/mol. The smallest absolute Gasteiger partial charge is 0.337 e. The SMILES string of the molecule is COC(=O)c1cccc(NC(=O)C(C)(C)C(=O)NCc2ccccc2F)c1. The minimum Gasteiger partial charge on any atom is -0.465 e. The van der Waals surface area contributed by atoms with Gasteiger partial charge in [0.2, 0.25) is 11.8 Å². The van der Waals surface area contributed by atoms with Crippen LogP contribution in [-0.4, -0.2) is 24.9 Å². The summed E-state index contributed by atoms with van der Waals surface area (Å²) in [5.74, 6) is -2.07. The number of rotatable bonds is 6. The first-order valence-corrected chi connectivity index (χ1v) is 8.27. The topological polar surface area (TPSA) is 84.5 Å². The van der Waals surface area contributed by atoms with Gasteiger partial charge in [-0.3, -0.25) is 9.59 Å². The Hall–Kier alpha value is -3.22. The molecule has 2 amide bonds. The number of ether oxygens (including phenoxy) is 1. The maximum absolute atomic E-state index is 13.6. The molecule has 7 heteroatoms. The molecule has 0 bridgehead atoms. The van der Waals surface area contributed by atoms with E-state index in [-0.39, 0.29) is 12.1 Å². The summed E-state index contributed by atoms with van der Waals surface area (Å²) in [7, 11) is 1.26. The highest BCUT2D eigenvalue weighted by molar-refractivity contribution is 6.10. The number of carbonyl (C=O) groups excluding carboxylic acids is 3. The number of carbonyl (C=O) groups is 3. The van der Waals surface area contributed by atoms with Crippen molar-refractivity contribution >= 4 is 23.5 Å². The van der Waals surface area contributed by atoms with Gasteiger partial charge in [0, 0.05) is 17.8 Å². The second kappa shape index (κ2) is 8.44. The number of halogens is 1. The Bertz CT molecular complexity index is 865. The van der Waals surface area contributed by atoms with E-state index in [0.29, 0.717) is 11.3 Å². The van der Waals surface area contributed by atoms with Crippen LogP contribution in [0.4, 0.5) is 10.1 Å². The van der Waals surface area contributed by atoms with E-state index in [0.717, 1.165) is 0 Å². The van der Waals surface area contributed by atoms with Crippen LogP contribution in [0.15, 0.2) is 48.5 Å². The van der Waals surface area contributed by atoms with Crippen LogP contribution in [0.25, 0.3) is 0 Å². The van der Waals surface area contributed by atoms with E-state index in [1.807, 2.05) is 0 Å². The molecule has 2 rings (SSSR count). The van der Waals surface area contributed by atoms with Crippen molar-refractivity contribution in [2.45, 2.75) is 20.4 Å². The Morgan fingerprint density at radius 3 is 2.41 bits per heavy atom. The second-order valence-corrected chi connectivity index (χ2v) is 6.43. The van der Waals surface area contributed by atoms with Crippen LogP contribution in [0.5, 0.6) is 0 Å². The van der Waals surface area contributed by atoms with Crippen molar-refractivity contribution in [2.24, 2.45) is 5.41 Å². The van der Waals surface area contributed by atoms with Crippen LogP contribution in [0.1, 0.15) is 29.8 Å². The van der Waals surface area contributed by atoms with Crippen LogP contribution >= 0.6 is 0 Å². The molecule has 27 heavy (non-hydrogen) atoms. The van der Waals surface area contributed by atoms with Crippen molar-refractivity contribution < 1.29 is 23.5 Å². The fourth-order valence-corrected chi connectivity index (χ4v) is 2.27. The Morgan fingerprint density at radius 2 is 1.74 bits per heavy atom. The van der Waals surface area contributed by atoms with Gasteiger partial charge in [0.25, 0.3) is 0 Å². The zero-order valence-corrected chi connectivity index (χ0v) is 15.3. The van der Waals surface area contributed by atoms with Crippen molar-refractivity contribution in [3.8, 4) is 0 Å². The number of methoxy groups -OCH3 is 1. The molecule has 0 aromatic heterocycles. The Kier molecular flexibility index (Phi) is 6.28. The summed E-state index contributed by atoms with van der Waals surface area (Å²) in [5, 5.41) is 5.18. The summed E-state index contributed by atoms with van der Waals surface area (Å²) in [5.41, 5.74) is -0.449. The predicted octanol–water partition coefficient (Wildman–Crippen LogP) is 2.89. The molecule has 0 spiro atoms. The minimum absolute atomic E-state index is 0.0277. The third-order valence-electron chi connectivity index (χ3n) is 4.07. The summed E-state index contributed by atoms with van der Waals surface area (Å²) < 4.78 is 18.3. The molecule has 0 aliphatic rings. The third kappa shape index (κ3) is 4.91. The summed E-state index contributed by atoms with van der Waals surface area (Å²) in [6.45, 7) is 2.90. The van der Waals surface area contributed by atoms with Crippen LogP contribution in [0.3, 0.4) is 0 Å². The molecule has 0 aliphatic carbocycles. The van der Waals surface area contributed by atoms with Crippen LogP contribution in [0.2, 0.25) is 0 Å². The molecule has 6 nitrogen and oxygen atoms in total. The second-order valence-electron chi connectivity index (χ2n) is 6.43. The van der Waals surface area contributed by atoms with Crippen molar-refractivity contribution in [1.29, 1.82) is 0 Å². The van der Waals surface area contributed by atoms with Gasteiger partial charge in [-0.05, 0) is 38.1 Å². The normalized spacial score (nSPS) is 10.8. The van der Waals surface area contributed by atoms with Gasteiger partial charge in [-0.2, -0.15) is 0 Å². The lowest BCUT2D eigenvalue weighted by molar-refractivity contribution is -0.138. The first-order chi connectivity index (χ1) is 12.8. The van der Waals surface area contributed by atoms with Crippen LogP contribution in [-0.2, 0) is 20.9 Å². The highest BCUT2D eigenvalue weighted by Crippen LogP contribution is 2.20. The molecule has 0 unspecified atom stereocenters. The van der Waals surface area contributed by atoms with Gasteiger partial charge < -0.3 is 15.4 Å². The van der Waals surface area contributed by atoms with Gasteiger partial charge in [-0.1, -0.05) is 24.3 Å². The van der Waals surface area contributed by atoms with E-state index in [9.17, 15) is 18.8 Å². The Morgan fingerprint density at radius 1 is 1.04 bits per heavy atom. The van der Waals surface area contributed by atoms with Gasteiger partial charge >= 0.3 is 5.97 Å². The van der Waals surface area contributed by atoms with Crippen LogP contribution in [0, 0.1) is 11.2 Å². The molecule has 0 radical (unpaired) electrons. The molecule has 0 fully saturated rings. The fourth-order valence-electron chi connectivity index (χ4n) is 2.27. The molecule has 2 aromatic carbocycles. The van der Waals surface area contributed by atoms with Gasteiger partial charge in [0.15, 0.2) is 0 Å². The molecule has 0 aliphatic heterocycles. The fraction of sp³-hybridized carbons (Fsp3) is 0.250. The Labute approximate surface area is 156 Å². The van der Waals surface area contributed by atoms with Gasteiger partial charge in [-0.25, -0.2) is 9.18 Å². The molecule has 0 saturated heterocycles. The summed E-state index contributed by atoms with van der Waals surface area (Å²) >= 11 is 0. The number of hydrogen-bond donors (Lipinski definition) is 2. The molecule has 142 valence electrons. The van der Waals surface area contributed by atoms with Crippen molar-refractivity contribution in [3.63, 3.8) is 0 Å². The van der Waals surface area contributed by atoms with E-state index in [2.05, 4.69) is 15.4 Å². The highest BCUT2D eigenvalue weighted by Gasteiger charge is 2.36. The lowest BCUT2D eigenvalue weighted by Crippen LogP contribution is -2.45. The lowest BCUT2D eigenvalue weighted by atomic mass is 9.90. The van der Waals surface area contributed by atoms with E-state index in [1.54, 1.807) is 36.4 Å². The summed E-state index contributed by atoms with van der Waals surface area (Å²) in [6, 6.07) is 12.3. The molecular formula is C20H21FN2O4. The third-order valence-corrected chi connectivity index (χ3v) is 4.07. The molecule has 0 atom stereocenters. The van der Waals surface area contributed by atoms with E-state index < -0.39 is 29.0 Å². The maximum atomic E-state index is 13.6. The highest BCUT2D eigenvalue weighted by atomic mass is 19.1.